The first kappa shape index (κ1) is 9.91. The lowest BCUT2D eigenvalue weighted by Crippen LogP contribution is -2.07. The van der Waals surface area contributed by atoms with Gasteiger partial charge in [0, 0.05) is 6.54 Å². The lowest BCUT2D eigenvalue weighted by atomic mass is 10.2. The summed E-state index contributed by atoms with van der Waals surface area (Å²) in [5.74, 6) is 0.503. The lowest BCUT2D eigenvalue weighted by Gasteiger charge is -2.03. The number of nitrogens with zero attached hydrogens (tertiary/aromatic N) is 2. The summed E-state index contributed by atoms with van der Waals surface area (Å²) >= 11 is 1.06. The Bertz CT molecular complexity index is 298. The molecule has 13 heavy (non-hydrogen) atoms. The van der Waals surface area contributed by atoms with Gasteiger partial charge in [0.2, 0.25) is 0 Å². The molecule has 0 fully saturated rings. The van der Waals surface area contributed by atoms with E-state index < -0.39 is 4.92 Å². The highest BCUT2D eigenvalue weighted by Gasteiger charge is 2.10. The van der Waals surface area contributed by atoms with Crippen LogP contribution in [0.1, 0.15) is 13.8 Å². The standard InChI is InChI=1S/C7H11N3O2S/c1-5(2)3-8-7-9-4-6(13-7)10(11)12/h4-5H,3H2,1-2H3,(H,8,9). The van der Waals surface area contributed by atoms with Crippen molar-refractivity contribution >= 4 is 21.5 Å². The summed E-state index contributed by atoms with van der Waals surface area (Å²) in [4.78, 5) is 13.7. The normalized spacial score (nSPS) is 10.4. The Morgan fingerprint density at radius 1 is 1.77 bits per heavy atom. The zero-order chi connectivity index (χ0) is 9.84. The highest BCUT2D eigenvalue weighted by molar-refractivity contribution is 7.18. The molecule has 5 nitrogen and oxygen atoms in total. The van der Waals surface area contributed by atoms with E-state index in [0.717, 1.165) is 17.9 Å². The number of aromatic nitrogens is 1. The predicted octanol–water partition coefficient (Wildman–Crippen LogP) is 2.12. The Kier molecular flexibility index (Phi) is 3.18. The molecule has 0 saturated carbocycles. The van der Waals surface area contributed by atoms with E-state index in [2.05, 4.69) is 24.1 Å². The molecule has 1 N–H and O–H groups in total. The summed E-state index contributed by atoms with van der Waals surface area (Å²) in [5.41, 5.74) is 0. The summed E-state index contributed by atoms with van der Waals surface area (Å²) in [6.07, 6.45) is 1.27. The van der Waals surface area contributed by atoms with Crippen LogP contribution in [0.25, 0.3) is 0 Å². The predicted molar refractivity (Wildman–Crippen MR) is 52.1 cm³/mol. The van der Waals surface area contributed by atoms with Crippen LogP contribution in [0.4, 0.5) is 10.1 Å². The Morgan fingerprint density at radius 3 is 2.92 bits per heavy atom. The maximum atomic E-state index is 10.3. The van der Waals surface area contributed by atoms with Crippen molar-refractivity contribution in [2.75, 3.05) is 11.9 Å². The molecule has 1 aromatic heterocycles. The largest absolute Gasteiger partial charge is 0.361 e. The first-order valence-electron chi connectivity index (χ1n) is 3.93. The van der Waals surface area contributed by atoms with Crippen molar-refractivity contribution in [1.82, 2.24) is 4.98 Å². The molecule has 0 bridgehead atoms. The molecule has 1 heterocycles. The average molecular weight is 201 g/mol. The van der Waals surface area contributed by atoms with E-state index in [4.69, 9.17) is 0 Å². The van der Waals surface area contributed by atoms with E-state index in [1.807, 2.05) is 0 Å². The molecular weight excluding hydrogens is 190 g/mol. The van der Waals surface area contributed by atoms with Gasteiger partial charge in [-0.05, 0) is 17.3 Å². The summed E-state index contributed by atoms with van der Waals surface area (Å²) in [7, 11) is 0. The molecule has 0 atom stereocenters. The van der Waals surface area contributed by atoms with Gasteiger partial charge in [0.05, 0.1) is 4.92 Å². The molecule has 72 valence electrons. The third-order valence-electron chi connectivity index (χ3n) is 1.33. The van der Waals surface area contributed by atoms with Crippen LogP contribution >= 0.6 is 11.3 Å². The van der Waals surface area contributed by atoms with Gasteiger partial charge in [0.15, 0.2) is 5.13 Å². The highest BCUT2D eigenvalue weighted by atomic mass is 32.1. The highest BCUT2D eigenvalue weighted by Crippen LogP contribution is 2.24. The van der Waals surface area contributed by atoms with Crippen molar-refractivity contribution in [3.05, 3.63) is 16.3 Å². The third kappa shape index (κ3) is 2.98. The Labute approximate surface area is 80.0 Å². The van der Waals surface area contributed by atoms with Gasteiger partial charge >= 0.3 is 5.00 Å². The number of rotatable bonds is 4. The Morgan fingerprint density at radius 2 is 2.46 bits per heavy atom. The molecule has 0 saturated heterocycles. The number of hydrogen-bond donors (Lipinski definition) is 1. The summed E-state index contributed by atoms with van der Waals surface area (Å²) in [5, 5.41) is 14.0. The van der Waals surface area contributed by atoms with Gasteiger partial charge in [0.1, 0.15) is 6.20 Å². The van der Waals surface area contributed by atoms with Crippen LogP contribution in [0, 0.1) is 16.0 Å². The van der Waals surface area contributed by atoms with Gasteiger partial charge in [-0.2, -0.15) is 0 Å². The maximum Gasteiger partial charge on any atom is 0.345 e. The van der Waals surface area contributed by atoms with E-state index in [-0.39, 0.29) is 5.00 Å². The molecule has 0 radical (unpaired) electrons. The van der Waals surface area contributed by atoms with E-state index in [9.17, 15) is 10.1 Å². The molecule has 0 amide bonds. The van der Waals surface area contributed by atoms with E-state index in [0.29, 0.717) is 11.0 Å². The lowest BCUT2D eigenvalue weighted by molar-refractivity contribution is -0.380. The number of nitrogens with one attached hydrogen (secondary N) is 1. The minimum Gasteiger partial charge on any atom is -0.361 e. The van der Waals surface area contributed by atoms with Crippen LogP contribution in [-0.4, -0.2) is 16.5 Å². The number of hydrogen-bond acceptors (Lipinski definition) is 5. The molecular formula is C7H11N3O2S. The fourth-order valence-corrected chi connectivity index (χ4v) is 1.36. The van der Waals surface area contributed by atoms with Gasteiger partial charge in [-0.25, -0.2) is 4.98 Å². The van der Waals surface area contributed by atoms with Crippen molar-refractivity contribution < 1.29 is 4.92 Å². The maximum absolute atomic E-state index is 10.3. The van der Waals surface area contributed by atoms with Crippen LogP contribution in [0.3, 0.4) is 0 Å². The molecule has 0 aromatic carbocycles. The summed E-state index contributed by atoms with van der Waals surface area (Å²) in [6.45, 7) is 4.91. The number of thiazole rings is 1. The molecule has 0 spiro atoms. The van der Waals surface area contributed by atoms with Gasteiger partial charge in [-0.1, -0.05) is 13.8 Å². The summed E-state index contributed by atoms with van der Waals surface area (Å²) in [6, 6.07) is 0. The van der Waals surface area contributed by atoms with Crippen LogP contribution < -0.4 is 5.32 Å². The van der Waals surface area contributed by atoms with Crippen molar-refractivity contribution in [2.24, 2.45) is 5.92 Å². The van der Waals surface area contributed by atoms with Crippen molar-refractivity contribution in [2.45, 2.75) is 13.8 Å². The molecule has 0 unspecified atom stereocenters. The minimum atomic E-state index is -0.432. The van der Waals surface area contributed by atoms with Gasteiger partial charge in [-0.15, -0.1) is 0 Å². The smallest absolute Gasteiger partial charge is 0.345 e. The fourth-order valence-electron chi connectivity index (χ4n) is 0.723. The SMILES string of the molecule is CC(C)CNc1ncc([N+](=O)[O-])s1. The average Bonchev–Trinajstić information content (AvgIpc) is 2.48. The number of anilines is 1. The quantitative estimate of drug-likeness (QED) is 0.598. The van der Waals surface area contributed by atoms with Crippen molar-refractivity contribution in [1.29, 1.82) is 0 Å². The van der Waals surface area contributed by atoms with E-state index in [1.165, 1.54) is 6.20 Å². The number of nitro groups is 1. The molecule has 1 rings (SSSR count). The topological polar surface area (TPSA) is 68.1 Å². The van der Waals surface area contributed by atoms with E-state index in [1.54, 1.807) is 0 Å². The third-order valence-corrected chi connectivity index (χ3v) is 2.24. The molecule has 0 aliphatic heterocycles. The Hall–Kier alpha value is -1.17. The van der Waals surface area contributed by atoms with Crippen molar-refractivity contribution in [3.8, 4) is 0 Å². The second-order valence-electron chi connectivity index (χ2n) is 3.04. The second-order valence-corrected chi connectivity index (χ2v) is 4.04. The first-order valence-corrected chi connectivity index (χ1v) is 4.75. The van der Waals surface area contributed by atoms with Crippen LogP contribution in [0.5, 0.6) is 0 Å². The molecule has 0 aliphatic rings. The fraction of sp³-hybridized carbons (Fsp3) is 0.571. The monoisotopic (exact) mass is 201 g/mol. The second kappa shape index (κ2) is 4.18. The molecule has 1 aromatic rings. The van der Waals surface area contributed by atoms with Crippen molar-refractivity contribution in [3.63, 3.8) is 0 Å². The van der Waals surface area contributed by atoms with Crippen LogP contribution in [0.2, 0.25) is 0 Å². The Balaban J connectivity index is 2.54. The van der Waals surface area contributed by atoms with Crippen LogP contribution in [0.15, 0.2) is 6.20 Å². The van der Waals surface area contributed by atoms with Gasteiger partial charge < -0.3 is 5.32 Å². The zero-order valence-corrected chi connectivity index (χ0v) is 8.30. The first-order chi connectivity index (χ1) is 6.09. The zero-order valence-electron chi connectivity index (χ0n) is 7.48. The molecule has 6 heteroatoms. The van der Waals surface area contributed by atoms with E-state index >= 15 is 0 Å². The summed E-state index contributed by atoms with van der Waals surface area (Å²) < 4.78 is 0. The van der Waals surface area contributed by atoms with Crippen LogP contribution in [-0.2, 0) is 0 Å². The molecule has 0 aliphatic carbocycles. The van der Waals surface area contributed by atoms with Gasteiger partial charge in [0.25, 0.3) is 0 Å². The van der Waals surface area contributed by atoms with Gasteiger partial charge in [-0.3, -0.25) is 10.1 Å². The minimum absolute atomic E-state index is 0.0752.